The summed E-state index contributed by atoms with van der Waals surface area (Å²) in [6, 6.07) is 0. The molecule has 0 fully saturated rings. The van der Waals surface area contributed by atoms with Crippen molar-refractivity contribution in [2.45, 2.75) is 19.8 Å². The monoisotopic (exact) mass is 148 g/mol. The Kier molecular flexibility index (Phi) is 21.1. The third kappa shape index (κ3) is 15.9. The molecule has 4 heteroatoms. The first-order chi connectivity index (χ1) is 2.77. The Hall–Kier alpha value is 0.690. The molecule has 0 aliphatic heterocycles. The number of rotatable bonds is 2. The van der Waals surface area contributed by atoms with Crippen LogP contribution in [0.4, 0.5) is 0 Å². The van der Waals surface area contributed by atoms with Crippen molar-refractivity contribution in [3.05, 3.63) is 0 Å². The van der Waals surface area contributed by atoms with E-state index in [0.29, 0.717) is 6.42 Å². The van der Waals surface area contributed by atoms with E-state index in [-0.39, 0.29) is 43.2 Å². The molecule has 0 aromatic rings. The van der Waals surface area contributed by atoms with Gasteiger partial charge in [0.15, 0.2) is 0 Å². The predicted octanol–water partition coefficient (Wildman–Crippen LogP) is -0.870. The molecule has 0 bridgehead atoms. The summed E-state index contributed by atoms with van der Waals surface area (Å²) in [6.07, 6.45) is 1.02. The predicted molar refractivity (Wildman–Crippen MR) is 34.7 cm³/mol. The molecule has 3 nitrogen and oxygen atoms in total. The van der Waals surface area contributed by atoms with Gasteiger partial charge in [-0.3, -0.25) is 4.79 Å². The summed E-state index contributed by atoms with van der Waals surface area (Å²) in [6.45, 7) is 1.84. The molecule has 0 spiro atoms. The first-order valence-corrected chi connectivity index (χ1v) is 1.99. The Morgan fingerprint density at radius 1 is 1.62 bits per heavy atom. The average molecular weight is 148 g/mol. The summed E-state index contributed by atoms with van der Waals surface area (Å²) in [5, 5.41) is 7.91. The molecule has 0 radical (unpaired) electrons. The third-order valence-electron chi connectivity index (χ3n) is 0.464. The van der Waals surface area contributed by atoms with Crippen molar-refractivity contribution >= 4 is 43.7 Å². The number of hydrogen-bond donors (Lipinski definition) is 1. The molecular formula is C4H12CaO3. The van der Waals surface area contributed by atoms with Crippen LogP contribution in [0.1, 0.15) is 19.8 Å². The fraction of sp³-hybridized carbons (Fsp3) is 0.750. The van der Waals surface area contributed by atoms with E-state index in [1.54, 1.807) is 0 Å². The topological polar surface area (TPSA) is 68.8 Å². The van der Waals surface area contributed by atoms with Gasteiger partial charge in [-0.2, -0.15) is 0 Å². The number of carboxylic acids is 1. The van der Waals surface area contributed by atoms with E-state index in [9.17, 15) is 4.79 Å². The van der Waals surface area contributed by atoms with Crippen molar-refractivity contribution in [2.75, 3.05) is 0 Å². The van der Waals surface area contributed by atoms with E-state index in [1.807, 2.05) is 6.92 Å². The molecule has 3 N–H and O–H groups in total. The van der Waals surface area contributed by atoms with E-state index in [1.165, 1.54) is 0 Å². The zero-order valence-corrected chi connectivity index (χ0v) is 4.27. The van der Waals surface area contributed by atoms with E-state index >= 15 is 0 Å². The Balaban J connectivity index is -0.000000125. The maximum absolute atomic E-state index is 9.60. The molecule has 0 aliphatic rings. The first kappa shape index (κ1) is 15.9. The van der Waals surface area contributed by atoms with Gasteiger partial charge in [-0.15, -0.1) is 0 Å². The third-order valence-corrected chi connectivity index (χ3v) is 0.464. The standard InChI is InChI=1S/C4H8O2.Ca.H2O.2H/c1-2-3-4(5)6;;;;/h2-3H2,1H3,(H,5,6);;1H2;;. The second kappa shape index (κ2) is 10.6. The number of carbonyl (C=O) groups is 1. The van der Waals surface area contributed by atoms with Crippen molar-refractivity contribution in [1.29, 1.82) is 0 Å². The number of hydrogen-bond acceptors (Lipinski definition) is 1. The molecule has 0 heterocycles. The van der Waals surface area contributed by atoms with Crippen LogP contribution in [0.25, 0.3) is 0 Å². The van der Waals surface area contributed by atoms with Gasteiger partial charge in [0.25, 0.3) is 0 Å². The fourth-order valence-corrected chi connectivity index (χ4v) is 0.214. The molecule has 0 unspecified atom stereocenters. The fourth-order valence-electron chi connectivity index (χ4n) is 0.214. The maximum atomic E-state index is 9.60. The van der Waals surface area contributed by atoms with Gasteiger partial charge in [-0.25, -0.2) is 0 Å². The van der Waals surface area contributed by atoms with E-state index in [4.69, 9.17) is 5.11 Å². The second-order valence-corrected chi connectivity index (χ2v) is 1.14. The van der Waals surface area contributed by atoms with Crippen LogP contribution < -0.4 is 0 Å². The van der Waals surface area contributed by atoms with Gasteiger partial charge >= 0.3 is 43.7 Å². The van der Waals surface area contributed by atoms with Crippen LogP contribution in [0.3, 0.4) is 0 Å². The zero-order chi connectivity index (χ0) is 4.99. The van der Waals surface area contributed by atoms with E-state index < -0.39 is 5.97 Å². The molecule has 0 aromatic heterocycles. The molecule has 0 rings (SSSR count). The van der Waals surface area contributed by atoms with Crippen LogP contribution in [-0.4, -0.2) is 54.3 Å². The molecule has 0 saturated heterocycles. The van der Waals surface area contributed by atoms with Crippen LogP contribution in [0.2, 0.25) is 0 Å². The van der Waals surface area contributed by atoms with Crippen LogP contribution >= 0.6 is 0 Å². The molecular weight excluding hydrogens is 136 g/mol. The van der Waals surface area contributed by atoms with Crippen molar-refractivity contribution in [2.24, 2.45) is 0 Å². The van der Waals surface area contributed by atoms with E-state index in [0.717, 1.165) is 6.42 Å². The van der Waals surface area contributed by atoms with Crippen molar-refractivity contribution in [3.8, 4) is 0 Å². The molecule has 0 atom stereocenters. The summed E-state index contributed by atoms with van der Waals surface area (Å²) in [7, 11) is 0. The quantitative estimate of drug-likeness (QED) is 0.517. The van der Waals surface area contributed by atoms with Gasteiger partial charge in [0, 0.05) is 6.42 Å². The van der Waals surface area contributed by atoms with Crippen LogP contribution in [0, 0.1) is 0 Å². The number of aliphatic carboxylic acids is 1. The molecule has 8 heavy (non-hydrogen) atoms. The van der Waals surface area contributed by atoms with Crippen LogP contribution in [-0.2, 0) is 4.79 Å². The summed E-state index contributed by atoms with van der Waals surface area (Å²) in [4.78, 5) is 9.60. The Morgan fingerprint density at radius 2 is 2.00 bits per heavy atom. The molecule has 0 aromatic carbocycles. The summed E-state index contributed by atoms with van der Waals surface area (Å²) >= 11 is 0. The van der Waals surface area contributed by atoms with Gasteiger partial charge in [-0.05, 0) is 6.42 Å². The van der Waals surface area contributed by atoms with Crippen molar-refractivity contribution in [1.82, 2.24) is 0 Å². The summed E-state index contributed by atoms with van der Waals surface area (Å²) in [5.41, 5.74) is 0. The summed E-state index contributed by atoms with van der Waals surface area (Å²) in [5.74, 6) is -0.711. The van der Waals surface area contributed by atoms with Gasteiger partial charge in [-0.1, -0.05) is 6.92 Å². The minimum absolute atomic E-state index is 0. The van der Waals surface area contributed by atoms with Gasteiger partial charge in [0.1, 0.15) is 0 Å². The molecule has 48 valence electrons. The Morgan fingerprint density at radius 3 is 2.00 bits per heavy atom. The van der Waals surface area contributed by atoms with Gasteiger partial charge in [0.2, 0.25) is 0 Å². The SMILES string of the molecule is CCCC(=O)O.O.[CaH2]. The summed E-state index contributed by atoms with van der Waals surface area (Å²) < 4.78 is 0. The van der Waals surface area contributed by atoms with Gasteiger partial charge < -0.3 is 10.6 Å². The second-order valence-electron chi connectivity index (χ2n) is 1.14. The molecule has 0 saturated carbocycles. The average Bonchev–Trinajstić information content (AvgIpc) is 1.35. The molecule has 0 aliphatic carbocycles. The molecule has 0 amide bonds. The zero-order valence-electron chi connectivity index (χ0n) is 4.27. The van der Waals surface area contributed by atoms with Crippen molar-refractivity contribution < 1.29 is 15.4 Å². The van der Waals surface area contributed by atoms with Crippen LogP contribution in [0.5, 0.6) is 0 Å². The van der Waals surface area contributed by atoms with E-state index in [2.05, 4.69) is 0 Å². The minimum atomic E-state index is -0.711. The van der Waals surface area contributed by atoms with Crippen LogP contribution in [0.15, 0.2) is 0 Å². The normalized spacial score (nSPS) is 6.12. The Labute approximate surface area is 78.4 Å². The Bertz CT molecular complexity index is 55.2. The first-order valence-electron chi connectivity index (χ1n) is 1.99. The van der Waals surface area contributed by atoms with Gasteiger partial charge in [0.05, 0.1) is 0 Å². The van der Waals surface area contributed by atoms with Crippen molar-refractivity contribution in [3.63, 3.8) is 0 Å². The number of carboxylic acid groups (broad SMARTS) is 1.